The molecule has 7 nitrogen and oxygen atoms in total. The molecule has 0 aromatic carbocycles. The Morgan fingerprint density at radius 1 is 1.22 bits per heavy atom. The Balaban J connectivity index is 4.22. The summed E-state index contributed by atoms with van der Waals surface area (Å²) in [6.45, 7) is 7.06. The van der Waals surface area contributed by atoms with Gasteiger partial charge in [-0.05, 0) is 13.8 Å². The third-order valence-electron chi connectivity index (χ3n) is 1.89. The summed E-state index contributed by atoms with van der Waals surface area (Å²) in [5.41, 5.74) is -0.649. The number of hydrogen-bond donors (Lipinski definition) is 2. The van der Waals surface area contributed by atoms with Gasteiger partial charge in [0.05, 0.1) is 5.57 Å². The first kappa shape index (κ1) is 16.6. The van der Waals surface area contributed by atoms with Crippen molar-refractivity contribution in [2.75, 3.05) is 19.8 Å². The summed E-state index contributed by atoms with van der Waals surface area (Å²) >= 11 is 0. The van der Waals surface area contributed by atoms with E-state index in [1.807, 2.05) is 0 Å². The van der Waals surface area contributed by atoms with Crippen LogP contribution in [-0.2, 0) is 23.8 Å². The monoisotopic (exact) mass is 262 g/mol. The van der Waals surface area contributed by atoms with Gasteiger partial charge in [0.15, 0.2) is 12.4 Å². The van der Waals surface area contributed by atoms with E-state index in [4.69, 9.17) is 14.6 Å². The van der Waals surface area contributed by atoms with Crippen LogP contribution in [-0.4, -0.2) is 54.4 Å². The standard InChI is InChI=1S/C11H18O7/c1-4-16-8(17-5-2)6-18-11(15)9(12)7(3)10(13)14/h8-9,12H,3-6H2,1-2H3,(H,13,14). The molecule has 1 unspecified atom stereocenters. The number of aliphatic hydroxyl groups is 1. The van der Waals surface area contributed by atoms with Gasteiger partial charge in [-0.1, -0.05) is 6.58 Å². The number of rotatable bonds is 9. The van der Waals surface area contributed by atoms with Crippen molar-refractivity contribution < 1.29 is 34.0 Å². The molecule has 0 saturated carbocycles. The molecule has 18 heavy (non-hydrogen) atoms. The predicted octanol–water partition coefficient (Wildman–Crippen LogP) is -0.0696. The highest BCUT2D eigenvalue weighted by atomic mass is 16.7. The summed E-state index contributed by atoms with van der Waals surface area (Å²) in [6.07, 6.45) is -2.64. The third-order valence-corrected chi connectivity index (χ3v) is 1.89. The smallest absolute Gasteiger partial charge is 0.340 e. The van der Waals surface area contributed by atoms with Gasteiger partial charge in [-0.15, -0.1) is 0 Å². The molecule has 2 N–H and O–H groups in total. The first-order chi connectivity index (χ1) is 8.43. The Morgan fingerprint density at radius 3 is 2.11 bits per heavy atom. The molecule has 1 atom stereocenters. The molecule has 0 radical (unpaired) electrons. The fraction of sp³-hybridized carbons (Fsp3) is 0.636. The van der Waals surface area contributed by atoms with Crippen molar-refractivity contribution in [1.82, 2.24) is 0 Å². The molecule has 0 rings (SSSR count). The zero-order chi connectivity index (χ0) is 14.1. The van der Waals surface area contributed by atoms with Gasteiger partial charge in [0.1, 0.15) is 6.61 Å². The van der Waals surface area contributed by atoms with Gasteiger partial charge in [0.25, 0.3) is 0 Å². The molecule has 0 saturated heterocycles. The van der Waals surface area contributed by atoms with Gasteiger partial charge in [-0.2, -0.15) is 0 Å². The molecule has 0 heterocycles. The molecule has 0 amide bonds. The van der Waals surface area contributed by atoms with Crippen LogP contribution < -0.4 is 0 Å². The van der Waals surface area contributed by atoms with E-state index in [2.05, 4.69) is 11.3 Å². The maximum absolute atomic E-state index is 11.3. The lowest BCUT2D eigenvalue weighted by molar-refractivity contribution is -0.184. The van der Waals surface area contributed by atoms with Crippen LogP contribution in [0, 0.1) is 0 Å². The Hall–Kier alpha value is -1.44. The van der Waals surface area contributed by atoms with Crippen LogP contribution in [0.15, 0.2) is 12.2 Å². The number of aliphatic hydroxyl groups excluding tert-OH is 1. The topological polar surface area (TPSA) is 102 Å². The number of ether oxygens (including phenoxy) is 3. The van der Waals surface area contributed by atoms with Gasteiger partial charge in [0.2, 0.25) is 0 Å². The van der Waals surface area contributed by atoms with E-state index < -0.39 is 29.9 Å². The summed E-state index contributed by atoms with van der Waals surface area (Å²) in [4.78, 5) is 21.8. The van der Waals surface area contributed by atoms with Gasteiger partial charge in [-0.25, -0.2) is 9.59 Å². The highest BCUT2D eigenvalue weighted by Crippen LogP contribution is 2.04. The molecule has 0 aromatic heterocycles. The van der Waals surface area contributed by atoms with Crippen molar-refractivity contribution >= 4 is 11.9 Å². The molecule has 0 fully saturated rings. The largest absolute Gasteiger partial charge is 0.478 e. The minimum absolute atomic E-state index is 0.232. The van der Waals surface area contributed by atoms with Crippen molar-refractivity contribution in [1.29, 1.82) is 0 Å². The van der Waals surface area contributed by atoms with E-state index >= 15 is 0 Å². The molecule has 0 aromatic rings. The lowest BCUT2D eigenvalue weighted by atomic mass is 10.2. The lowest BCUT2D eigenvalue weighted by Gasteiger charge is -2.17. The van der Waals surface area contributed by atoms with Crippen LogP contribution in [0.5, 0.6) is 0 Å². The van der Waals surface area contributed by atoms with E-state index in [-0.39, 0.29) is 6.61 Å². The van der Waals surface area contributed by atoms with E-state index in [1.165, 1.54) is 0 Å². The Labute approximate surface area is 105 Å². The zero-order valence-corrected chi connectivity index (χ0v) is 10.4. The summed E-state index contributed by atoms with van der Waals surface area (Å²) < 4.78 is 14.9. The minimum Gasteiger partial charge on any atom is -0.478 e. The van der Waals surface area contributed by atoms with Crippen molar-refractivity contribution in [2.45, 2.75) is 26.2 Å². The van der Waals surface area contributed by atoms with E-state index in [0.717, 1.165) is 0 Å². The van der Waals surface area contributed by atoms with Crippen molar-refractivity contribution in [2.24, 2.45) is 0 Å². The molecule has 104 valence electrons. The second-order valence-electron chi connectivity index (χ2n) is 3.20. The fourth-order valence-electron chi connectivity index (χ4n) is 1.00. The SMILES string of the molecule is C=C(C(=O)O)C(O)C(=O)OCC(OCC)OCC. The number of carboxylic acids is 1. The molecule has 0 aliphatic heterocycles. The van der Waals surface area contributed by atoms with Gasteiger partial charge in [-0.3, -0.25) is 0 Å². The molecule has 0 spiro atoms. The highest BCUT2D eigenvalue weighted by Gasteiger charge is 2.25. The Kier molecular flexibility index (Phi) is 7.93. The first-order valence-corrected chi connectivity index (χ1v) is 5.43. The number of esters is 1. The van der Waals surface area contributed by atoms with Crippen LogP contribution >= 0.6 is 0 Å². The van der Waals surface area contributed by atoms with Gasteiger partial charge in [0, 0.05) is 13.2 Å². The average Bonchev–Trinajstić information content (AvgIpc) is 2.34. The van der Waals surface area contributed by atoms with Crippen LogP contribution in [0.4, 0.5) is 0 Å². The fourth-order valence-corrected chi connectivity index (χ4v) is 1.00. The van der Waals surface area contributed by atoms with Crippen LogP contribution in [0.2, 0.25) is 0 Å². The third kappa shape index (κ3) is 5.76. The van der Waals surface area contributed by atoms with Crippen molar-refractivity contribution in [3.63, 3.8) is 0 Å². The first-order valence-electron chi connectivity index (χ1n) is 5.43. The average molecular weight is 262 g/mol. The van der Waals surface area contributed by atoms with E-state index in [9.17, 15) is 14.7 Å². The Bertz CT molecular complexity index is 294. The molecular formula is C11H18O7. The molecule has 0 aliphatic carbocycles. The second-order valence-corrected chi connectivity index (χ2v) is 3.20. The summed E-state index contributed by atoms with van der Waals surface area (Å²) in [5, 5.41) is 17.8. The predicted molar refractivity (Wildman–Crippen MR) is 60.8 cm³/mol. The molecular weight excluding hydrogens is 244 g/mol. The number of hydrogen-bond acceptors (Lipinski definition) is 6. The highest BCUT2D eigenvalue weighted by molar-refractivity contribution is 5.95. The van der Waals surface area contributed by atoms with Crippen molar-refractivity contribution in [3.8, 4) is 0 Å². The van der Waals surface area contributed by atoms with E-state index in [0.29, 0.717) is 13.2 Å². The number of carboxylic acid groups (broad SMARTS) is 1. The summed E-state index contributed by atoms with van der Waals surface area (Å²) in [6, 6.07) is 0. The zero-order valence-electron chi connectivity index (χ0n) is 10.4. The van der Waals surface area contributed by atoms with Crippen LogP contribution in [0.1, 0.15) is 13.8 Å². The maximum atomic E-state index is 11.3. The second kappa shape index (κ2) is 8.62. The Morgan fingerprint density at radius 2 is 1.72 bits per heavy atom. The number of aliphatic carboxylic acids is 1. The van der Waals surface area contributed by atoms with E-state index in [1.54, 1.807) is 13.8 Å². The molecule has 0 aliphatic rings. The quantitative estimate of drug-likeness (QED) is 0.340. The van der Waals surface area contributed by atoms with Crippen LogP contribution in [0.25, 0.3) is 0 Å². The molecule has 7 heteroatoms. The van der Waals surface area contributed by atoms with Crippen molar-refractivity contribution in [3.05, 3.63) is 12.2 Å². The summed E-state index contributed by atoms with van der Waals surface area (Å²) in [7, 11) is 0. The van der Waals surface area contributed by atoms with Gasteiger partial charge < -0.3 is 24.4 Å². The minimum atomic E-state index is -1.90. The number of carbonyl (C=O) groups excluding carboxylic acids is 1. The lowest BCUT2D eigenvalue weighted by Crippen LogP contribution is -2.32. The summed E-state index contributed by atoms with van der Waals surface area (Å²) in [5.74, 6) is -2.57. The normalized spacial score (nSPS) is 12.2. The number of carbonyl (C=O) groups is 2. The molecule has 0 bridgehead atoms. The maximum Gasteiger partial charge on any atom is 0.340 e. The van der Waals surface area contributed by atoms with Gasteiger partial charge >= 0.3 is 11.9 Å². The van der Waals surface area contributed by atoms with Crippen LogP contribution in [0.3, 0.4) is 0 Å².